The van der Waals surface area contributed by atoms with Crippen molar-refractivity contribution in [1.29, 1.82) is 0 Å². The molecule has 0 aliphatic carbocycles. The average Bonchev–Trinajstić information content (AvgIpc) is 2.95. The molecule has 0 aliphatic heterocycles. The van der Waals surface area contributed by atoms with Gasteiger partial charge in [0.2, 0.25) is 0 Å². The Balaban J connectivity index is 2.00. The second kappa shape index (κ2) is 15.7. The van der Waals surface area contributed by atoms with E-state index in [0.717, 1.165) is 16.7 Å². The topological polar surface area (TPSA) is 64.6 Å². The molecule has 0 radical (unpaired) electrons. The first kappa shape index (κ1) is 35.3. The Labute approximate surface area is 266 Å². The largest absolute Gasteiger partial charge is 0.444 e. The Kier molecular flexibility index (Phi) is 12.6. The maximum atomic E-state index is 14.1. The molecule has 3 rings (SSSR count). The van der Waals surface area contributed by atoms with E-state index in [1.54, 1.807) is 0 Å². The fourth-order valence-corrected chi connectivity index (χ4v) is 6.45. The lowest BCUT2D eigenvalue weighted by molar-refractivity contribution is -0.123. The molecule has 1 amide bonds. The number of carbonyl (C=O) groups excluding carboxylic acids is 2. The van der Waals surface area contributed by atoms with Crippen LogP contribution in [0.1, 0.15) is 71.1 Å². The predicted molar refractivity (Wildman–Crippen MR) is 183 cm³/mol. The Morgan fingerprint density at radius 3 is 1.68 bits per heavy atom. The minimum atomic E-state index is -2.31. The van der Waals surface area contributed by atoms with Crippen LogP contribution in [0.15, 0.2) is 91.0 Å². The summed E-state index contributed by atoms with van der Waals surface area (Å²) in [5.74, 6) is -0.0492. The summed E-state index contributed by atoms with van der Waals surface area (Å²) >= 11 is 0. The van der Waals surface area contributed by atoms with E-state index in [-0.39, 0.29) is 22.8 Å². The molecule has 0 saturated carbocycles. The molecule has 3 aromatic carbocycles. The number of nitrogens with one attached hydrogen (secondary N) is 1. The van der Waals surface area contributed by atoms with Gasteiger partial charge in [-0.3, -0.25) is 4.79 Å². The molecular formula is C38H53NO4Si. The van der Waals surface area contributed by atoms with Crippen LogP contribution in [-0.4, -0.2) is 37.9 Å². The van der Waals surface area contributed by atoms with Gasteiger partial charge in [0, 0.05) is 12.3 Å². The predicted octanol–water partition coefficient (Wildman–Crippen LogP) is 8.96. The van der Waals surface area contributed by atoms with Crippen LogP contribution in [0.25, 0.3) is 0 Å². The summed E-state index contributed by atoms with van der Waals surface area (Å²) < 4.78 is 12.9. The molecule has 3 aromatic rings. The number of benzene rings is 3. The van der Waals surface area contributed by atoms with E-state index in [2.05, 4.69) is 75.6 Å². The molecular weight excluding hydrogens is 563 g/mol. The molecule has 1 N–H and O–H groups in total. The van der Waals surface area contributed by atoms with Crippen molar-refractivity contribution in [3.8, 4) is 0 Å². The van der Waals surface area contributed by atoms with E-state index >= 15 is 0 Å². The van der Waals surface area contributed by atoms with Crippen molar-refractivity contribution in [2.24, 2.45) is 5.92 Å². The highest BCUT2D eigenvalue weighted by atomic mass is 28.4. The minimum Gasteiger partial charge on any atom is -0.444 e. The van der Waals surface area contributed by atoms with Gasteiger partial charge < -0.3 is 14.5 Å². The maximum Gasteiger partial charge on any atom is 0.407 e. The molecule has 44 heavy (non-hydrogen) atoms. The third kappa shape index (κ3) is 11.7. The number of carbonyl (C=O) groups is 2. The van der Waals surface area contributed by atoms with E-state index in [9.17, 15) is 9.59 Å². The highest BCUT2D eigenvalue weighted by Gasteiger charge is 2.42. The van der Waals surface area contributed by atoms with Crippen LogP contribution in [0.2, 0.25) is 18.1 Å². The van der Waals surface area contributed by atoms with Gasteiger partial charge in [0.15, 0.2) is 8.32 Å². The van der Waals surface area contributed by atoms with Gasteiger partial charge in [-0.15, -0.1) is 0 Å². The Morgan fingerprint density at radius 2 is 1.20 bits per heavy atom. The van der Waals surface area contributed by atoms with E-state index in [1.165, 1.54) is 0 Å². The summed E-state index contributed by atoms with van der Waals surface area (Å²) in [7, 11) is -2.31. The molecule has 0 unspecified atom stereocenters. The van der Waals surface area contributed by atoms with Gasteiger partial charge in [0.25, 0.3) is 0 Å². The SMILES string of the molecule is CC(C)(C)OC(=O)N[C@@H](Cc1ccccc1)[C@H](C[C@@H](Cc1ccccc1)C(=O)CCc1ccccc1)O[Si](C)(C)C(C)(C)C. The van der Waals surface area contributed by atoms with Gasteiger partial charge >= 0.3 is 6.09 Å². The standard InChI is InChI=1S/C38H53NO4Si/c1-37(2,3)42-36(41)39-33(27-31-22-16-11-17-23-31)35(43-44(7,8)38(4,5)6)28-32(26-30-20-14-10-15-21-30)34(40)25-24-29-18-12-9-13-19-29/h9-23,32-33,35H,24-28H2,1-8H3,(H,39,41)/t32-,33+,35+/m1/s1. The zero-order chi connectivity index (χ0) is 32.4. The van der Waals surface area contributed by atoms with E-state index in [0.29, 0.717) is 32.1 Å². The highest BCUT2D eigenvalue weighted by molar-refractivity contribution is 6.74. The normalized spacial score (nSPS) is 14.4. The third-order valence-electron chi connectivity index (χ3n) is 8.50. The van der Waals surface area contributed by atoms with E-state index in [1.807, 2.05) is 75.4 Å². The van der Waals surface area contributed by atoms with Crippen LogP contribution in [-0.2, 0) is 33.2 Å². The molecule has 3 atom stereocenters. The first-order chi connectivity index (χ1) is 20.6. The quantitative estimate of drug-likeness (QED) is 0.184. The van der Waals surface area contributed by atoms with Gasteiger partial charge in [0.05, 0.1) is 12.1 Å². The summed E-state index contributed by atoms with van der Waals surface area (Å²) in [6.45, 7) is 16.7. The lowest BCUT2D eigenvalue weighted by atomic mass is 9.85. The van der Waals surface area contributed by atoms with Crippen LogP contribution < -0.4 is 5.32 Å². The Bertz CT molecular complexity index is 1300. The number of alkyl carbamates (subject to hydrolysis) is 1. The molecule has 0 aliphatic rings. The molecule has 238 valence electrons. The van der Waals surface area contributed by atoms with E-state index in [4.69, 9.17) is 9.16 Å². The van der Waals surface area contributed by atoms with Crippen molar-refractivity contribution < 1.29 is 18.8 Å². The number of hydrogen-bond acceptors (Lipinski definition) is 4. The second-order valence-corrected chi connectivity index (χ2v) is 19.2. The van der Waals surface area contributed by atoms with Crippen LogP contribution in [0, 0.1) is 5.92 Å². The van der Waals surface area contributed by atoms with Crippen molar-refractivity contribution in [3.63, 3.8) is 0 Å². The zero-order valence-corrected chi connectivity index (χ0v) is 29.1. The highest BCUT2D eigenvalue weighted by Crippen LogP contribution is 2.39. The van der Waals surface area contributed by atoms with Crippen molar-refractivity contribution in [1.82, 2.24) is 5.32 Å². The molecule has 6 heteroatoms. The lowest BCUT2D eigenvalue weighted by Crippen LogP contribution is -2.54. The van der Waals surface area contributed by atoms with Gasteiger partial charge in [-0.2, -0.15) is 0 Å². The van der Waals surface area contributed by atoms with Gasteiger partial charge in [-0.1, -0.05) is 112 Å². The number of rotatable bonds is 14. The van der Waals surface area contributed by atoms with Crippen LogP contribution in [0.4, 0.5) is 4.79 Å². The smallest absolute Gasteiger partial charge is 0.407 e. The fraction of sp³-hybridized carbons (Fsp3) is 0.474. The maximum absolute atomic E-state index is 14.1. The molecule has 0 bridgehead atoms. The number of aryl methyl sites for hydroxylation is 1. The minimum absolute atomic E-state index is 0.0549. The summed E-state index contributed by atoms with van der Waals surface area (Å²) in [5, 5.41) is 3.13. The van der Waals surface area contributed by atoms with Crippen LogP contribution in [0.3, 0.4) is 0 Å². The van der Waals surface area contributed by atoms with Crippen molar-refractivity contribution >= 4 is 20.2 Å². The number of Topliss-reactive ketones (excluding diaryl/α,β-unsaturated/α-hetero) is 1. The van der Waals surface area contributed by atoms with Crippen LogP contribution in [0.5, 0.6) is 0 Å². The van der Waals surface area contributed by atoms with Gasteiger partial charge in [-0.05, 0) is 81.3 Å². The number of ether oxygens (including phenoxy) is 1. The van der Waals surface area contributed by atoms with Crippen molar-refractivity contribution in [2.45, 2.75) is 110 Å². The van der Waals surface area contributed by atoms with Crippen molar-refractivity contribution in [2.75, 3.05) is 0 Å². The average molecular weight is 616 g/mol. The third-order valence-corrected chi connectivity index (χ3v) is 13.0. The number of hydrogen-bond donors (Lipinski definition) is 1. The summed E-state index contributed by atoms with van der Waals surface area (Å²) in [5.41, 5.74) is 2.73. The molecule has 0 fully saturated rings. The van der Waals surface area contributed by atoms with Gasteiger partial charge in [0.1, 0.15) is 11.4 Å². The molecule has 0 heterocycles. The van der Waals surface area contributed by atoms with E-state index < -0.39 is 26.1 Å². The number of amides is 1. The molecule has 0 saturated heterocycles. The Hall–Kier alpha value is -3.22. The first-order valence-corrected chi connectivity index (χ1v) is 18.9. The fourth-order valence-electron chi connectivity index (χ4n) is 5.08. The van der Waals surface area contributed by atoms with Crippen LogP contribution >= 0.6 is 0 Å². The van der Waals surface area contributed by atoms with Gasteiger partial charge in [-0.25, -0.2) is 4.79 Å². The first-order valence-electron chi connectivity index (χ1n) is 15.9. The summed E-state index contributed by atoms with van der Waals surface area (Å²) in [6.07, 6.45) is 1.98. The monoisotopic (exact) mass is 615 g/mol. The molecule has 0 spiro atoms. The van der Waals surface area contributed by atoms with Crippen molar-refractivity contribution in [3.05, 3.63) is 108 Å². The number of ketones is 1. The zero-order valence-electron chi connectivity index (χ0n) is 28.1. The second-order valence-electron chi connectivity index (χ2n) is 14.4. The molecule has 5 nitrogen and oxygen atoms in total. The molecule has 0 aromatic heterocycles. The summed E-state index contributed by atoms with van der Waals surface area (Å²) in [4.78, 5) is 27.3. The lowest BCUT2D eigenvalue weighted by Gasteiger charge is -2.42. The Morgan fingerprint density at radius 1 is 0.727 bits per heavy atom. The summed E-state index contributed by atoms with van der Waals surface area (Å²) in [6, 6.07) is 30.1.